The van der Waals surface area contributed by atoms with Gasteiger partial charge in [-0.15, -0.1) is 0 Å². The van der Waals surface area contributed by atoms with Crippen LogP contribution in [0.15, 0.2) is 24.3 Å². The lowest BCUT2D eigenvalue weighted by molar-refractivity contribution is -0.163. The molecular formula is C19H25NO3. The van der Waals surface area contributed by atoms with Gasteiger partial charge in [0.25, 0.3) is 0 Å². The largest absolute Gasteiger partial charge is 0.481 e. The third kappa shape index (κ3) is 2.99. The Hall–Kier alpha value is -1.84. The van der Waals surface area contributed by atoms with Crippen LogP contribution in [0.1, 0.15) is 31.4 Å². The Morgan fingerprint density at radius 2 is 1.65 bits per heavy atom. The highest BCUT2D eigenvalue weighted by Gasteiger charge is 2.52. The van der Waals surface area contributed by atoms with Crippen molar-refractivity contribution in [3.63, 3.8) is 0 Å². The van der Waals surface area contributed by atoms with Gasteiger partial charge in [0.05, 0.1) is 11.8 Å². The predicted molar refractivity (Wildman–Crippen MR) is 87.9 cm³/mol. The number of nitrogens with one attached hydrogen (secondary N) is 1. The summed E-state index contributed by atoms with van der Waals surface area (Å²) in [4.78, 5) is 23.6. The summed E-state index contributed by atoms with van der Waals surface area (Å²) < 4.78 is 0. The summed E-state index contributed by atoms with van der Waals surface area (Å²) in [5.74, 6) is -1.02. The summed E-state index contributed by atoms with van der Waals surface area (Å²) >= 11 is 0. The smallest absolute Gasteiger partial charge is 0.307 e. The molecule has 23 heavy (non-hydrogen) atoms. The third-order valence-corrected chi connectivity index (χ3v) is 5.92. The zero-order chi connectivity index (χ0) is 16.6. The van der Waals surface area contributed by atoms with E-state index in [-0.39, 0.29) is 23.7 Å². The maximum absolute atomic E-state index is 12.3. The predicted octanol–water partition coefficient (Wildman–Crippen LogP) is 2.51. The average Bonchev–Trinajstić information content (AvgIpc) is 2.93. The first-order valence-corrected chi connectivity index (χ1v) is 8.56. The first kappa shape index (κ1) is 16.0. The number of rotatable bonds is 5. The molecule has 2 aliphatic carbocycles. The van der Waals surface area contributed by atoms with Crippen molar-refractivity contribution in [2.75, 3.05) is 6.54 Å². The lowest BCUT2D eigenvalue weighted by atomic mass is 9.57. The molecular weight excluding hydrogens is 290 g/mol. The van der Waals surface area contributed by atoms with Crippen molar-refractivity contribution >= 4 is 11.9 Å². The van der Waals surface area contributed by atoms with Crippen molar-refractivity contribution in [2.24, 2.45) is 29.6 Å². The van der Waals surface area contributed by atoms with Crippen LogP contribution in [-0.4, -0.2) is 23.5 Å². The van der Waals surface area contributed by atoms with E-state index < -0.39 is 11.9 Å². The van der Waals surface area contributed by atoms with Crippen LogP contribution in [0.4, 0.5) is 0 Å². The van der Waals surface area contributed by atoms with E-state index >= 15 is 0 Å². The van der Waals surface area contributed by atoms with Gasteiger partial charge < -0.3 is 10.4 Å². The number of carboxylic acids is 1. The molecule has 1 amide bonds. The molecule has 0 aromatic heterocycles. The Morgan fingerprint density at radius 1 is 1.09 bits per heavy atom. The summed E-state index contributed by atoms with van der Waals surface area (Å²) in [5, 5.41) is 12.2. The van der Waals surface area contributed by atoms with Crippen LogP contribution < -0.4 is 5.32 Å². The van der Waals surface area contributed by atoms with E-state index in [9.17, 15) is 14.7 Å². The van der Waals surface area contributed by atoms with Gasteiger partial charge in [-0.25, -0.2) is 0 Å². The molecule has 2 aliphatic rings. The zero-order valence-corrected chi connectivity index (χ0v) is 13.8. The number of carbonyl (C=O) groups excluding carboxylic acids is 1. The lowest BCUT2D eigenvalue weighted by Gasteiger charge is -2.45. The molecule has 1 aromatic carbocycles. The highest BCUT2D eigenvalue weighted by molar-refractivity contribution is 5.87. The minimum absolute atomic E-state index is 0.0765. The monoisotopic (exact) mass is 315 g/mol. The number of carbonyl (C=O) groups is 2. The van der Waals surface area contributed by atoms with Crippen molar-refractivity contribution in [1.29, 1.82) is 0 Å². The Kier molecular flexibility index (Phi) is 4.42. The van der Waals surface area contributed by atoms with Crippen molar-refractivity contribution in [2.45, 2.75) is 33.1 Å². The molecule has 0 bridgehead atoms. The van der Waals surface area contributed by atoms with Crippen LogP contribution in [0.2, 0.25) is 0 Å². The minimum atomic E-state index is -0.845. The van der Waals surface area contributed by atoms with Crippen molar-refractivity contribution in [3.8, 4) is 0 Å². The molecule has 0 heterocycles. The SMILES string of the molecule is CC1C(C)[C@H](C(=O)NCCC2Cc3ccccc3C2)[C@@H]1C(=O)O. The first-order valence-electron chi connectivity index (χ1n) is 8.56. The van der Waals surface area contributed by atoms with Crippen LogP contribution in [0.5, 0.6) is 0 Å². The molecule has 1 saturated carbocycles. The van der Waals surface area contributed by atoms with E-state index in [2.05, 4.69) is 29.6 Å². The number of aliphatic carboxylic acids is 1. The second-order valence-electron chi connectivity index (χ2n) is 7.23. The molecule has 124 valence electrons. The lowest BCUT2D eigenvalue weighted by Crippen LogP contribution is -2.55. The molecule has 2 unspecified atom stereocenters. The van der Waals surface area contributed by atoms with Gasteiger partial charge in [0.15, 0.2) is 0 Å². The quantitative estimate of drug-likeness (QED) is 0.877. The van der Waals surface area contributed by atoms with Gasteiger partial charge in [0.2, 0.25) is 5.91 Å². The minimum Gasteiger partial charge on any atom is -0.481 e. The summed E-state index contributed by atoms with van der Waals surface area (Å²) in [6.07, 6.45) is 3.12. The number of carboxylic acid groups (broad SMARTS) is 1. The van der Waals surface area contributed by atoms with Crippen molar-refractivity contribution < 1.29 is 14.7 Å². The number of hydrogen-bond acceptors (Lipinski definition) is 2. The topological polar surface area (TPSA) is 66.4 Å². The fourth-order valence-electron chi connectivity index (χ4n) is 4.31. The molecule has 0 radical (unpaired) electrons. The third-order valence-electron chi connectivity index (χ3n) is 5.92. The molecule has 1 aromatic rings. The van der Waals surface area contributed by atoms with Gasteiger partial charge >= 0.3 is 5.97 Å². The van der Waals surface area contributed by atoms with E-state index in [0.29, 0.717) is 12.5 Å². The average molecular weight is 315 g/mol. The number of benzene rings is 1. The molecule has 3 rings (SSSR count). The van der Waals surface area contributed by atoms with E-state index in [1.165, 1.54) is 11.1 Å². The Balaban J connectivity index is 1.46. The highest BCUT2D eigenvalue weighted by atomic mass is 16.4. The normalized spacial score (nSPS) is 29.7. The number of hydrogen-bond donors (Lipinski definition) is 2. The first-order chi connectivity index (χ1) is 11.0. The van der Waals surface area contributed by atoms with Crippen LogP contribution >= 0.6 is 0 Å². The van der Waals surface area contributed by atoms with Crippen molar-refractivity contribution in [1.82, 2.24) is 5.32 Å². The van der Waals surface area contributed by atoms with E-state index in [4.69, 9.17) is 0 Å². The molecule has 4 nitrogen and oxygen atoms in total. The number of fused-ring (bicyclic) bond motifs is 1. The molecule has 4 atom stereocenters. The molecule has 0 aliphatic heterocycles. The van der Waals surface area contributed by atoms with E-state index in [1.54, 1.807) is 0 Å². The van der Waals surface area contributed by atoms with Gasteiger partial charge in [0, 0.05) is 6.54 Å². The maximum atomic E-state index is 12.3. The van der Waals surface area contributed by atoms with Gasteiger partial charge in [-0.2, -0.15) is 0 Å². The van der Waals surface area contributed by atoms with Crippen LogP contribution in [0, 0.1) is 29.6 Å². The second-order valence-corrected chi connectivity index (χ2v) is 7.23. The zero-order valence-electron chi connectivity index (χ0n) is 13.8. The summed E-state index contributed by atoms with van der Waals surface area (Å²) in [6.45, 7) is 4.53. The Bertz CT molecular complexity index is 587. The Labute approximate surface area is 137 Å². The molecule has 4 heteroatoms. The van der Waals surface area contributed by atoms with Crippen LogP contribution in [-0.2, 0) is 22.4 Å². The van der Waals surface area contributed by atoms with Gasteiger partial charge in [0.1, 0.15) is 0 Å². The summed E-state index contributed by atoms with van der Waals surface area (Å²) in [5.41, 5.74) is 2.85. The van der Waals surface area contributed by atoms with Gasteiger partial charge in [-0.3, -0.25) is 9.59 Å². The fourth-order valence-corrected chi connectivity index (χ4v) is 4.31. The van der Waals surface area contributed by atoms with Crippen molar-refractivity contribution in [3.05, 3.63) is 35.4 Å². The van der Waals surface area contributed by atoms with Crippen LogP contribution in [0.3, 0.4) is 0 Å². The second kappa shape index (κ2) is 6.34. The van der Waals surface area contributed by atoms with E-state index in [1.807, 2.05) is 13.8 Å². The molecule has 0 saturated heterocycles. The van der Waals surface area contributed by atoms with Gasteiger partial charge in [-0.1, -0.05) is 38.1 Å². The molecule has 0 spiro atoms. The molecule has 1 fully saturated rings. The van der Waals surface area contributed by atoms with E-state index in [0.717, 1.165) is 19.3 Å². The number of amides is 1. The fraction of sp³-hybridized carbons (Fsp3) is 0.579. The summed E-state index contributed by atoms with van der Waals surface area (Å²) in [7, 11) is 0. The standard InChI is InChI=1S/C19H25NO3/c1-11-12(2)17(19(22)23)16(11)18(21)20-8-7-13-9-14-5-3-4-6-15(14)10-13/h3-6,11-13,16-17H,7-10H2,1-2H3,(H,20,21)(H,22,23)/t11?,12?,16-,17+/m0/s1. The summed E-state index contributed by atoms with van der Waals surface area (Å²) in [6, 6.07) is 8.52. The molecule has 2 N–H and O–H groups in total. The maximum Gasteiger partial charge on any atom is 0.307 e. The van der Waals surface area contributed by atoms with Crippen LogP contribution in [0.25, 0.3) is 0 Å². The highest BCUT2D eigenvalue weighted by Crippen LogP contribution is 2.45. The van der Waals surface area contributed by atoms with Gasteiger partial charge in [-0.05, 0) is 48.1 Å². The Morgan fingerprint density at radius 3 is 2.22 bits per heavy atom.